The van der Waals surface area contributed by atoms with Crippen molar-refractivity contribution in [1.29, 1.82) is 0 Å². The first-order valence-corrected chi connectivity index (χ1v) is 9.04. The van der Waals surface area contributed by atoms with E-state index in [9.17, 15) is 9.90 Å². The molecule has 2 aliphatic heterocycles. The zero-order valence-electron chi connectivity index (χ0n) is 13.9. The number of carbonyl (C=O) groups excluding carboxylic acids is 1. The zero-order chi connectivity index (χ0) is 16.6. The molecule has 1 N–H and O–H groups in total. The number of aliphatic hydroxyl groups is 1. The Morgan fingerprint density at radius 2 is 1.79 bits per heavy atom. The Morgan fingerprint density at radius 1 is 1.08 bits per heavy atom. The first-order chi connectivity index (χ1) is 11.6. The predicted molar refractivity (Wildman–Crippen MR) is 87.4 cm³/mol. The van der Waals surface area contributed by atoms with E-state index in [0.29, 0.717) is 0 Å². The third-order valence-corrected chi connectivity index (χ3v) is 5.68. The average molecular weight is 331 g/mol. The predicted octanol–water partition coefficient (Wildman–Crippen LogP) is 2.72. The van der Waals surface area contributed by atoms with Crippen LogP contribution in [0.4, 0.5) is 0 Å². The highest BCUT2D eigenvalue weighted by Crippen LogP contribution is 2.51. The molecule has 4 aliphatic rings. The molecule has 4 fully saturated rings. The lowest BCUT2D eigenvalue weighted by Crippen LogP contribution is -2.20. The minimum Gasteiger partial charge on any atom is -0.384 e. The molecule has 3 heterocycles. The molecule has 2 aliphatic carbocycles. The minimum atomic E-state index is -0.564. The Bertz CT molecular complexity index is 582. The van der Waals surface area contributed by atoms with Crippen molar-refractivity contribution >= 4 is 6.29 Å². The fourth-order valence-corrected chi connectivity index (χ4v) is 3.76. The van der Waals surface area contributed by atoms with Crippen molar-refractivity contribution in [2.24, 2.45) is 0 Å². The number of hydrogen-bond donors (Lipinski definition) is 1. The molecule has 0 aromatic carbocycles. The van der Waals surface area contributed by atoms with E-state index >= 15 is 0 Å². The van der Waals surface area contributed by atoms with Gasteiger partial charge >= 0.3 is 0 Å². The number of ether oxygens (including phenoxy) is 2. The first-order valence-electron chi connectivity index (χ1n) is 9.04. The van der Waals surface area contributed by atoms with Crippen molar-refractivity contribution in [3.8, 4) is 0 Å². The summed E-state index contributed by atoms with van der Waals surface area (Å²) >= 11 is 0. The van der Waals surface area contributed by atoms with Crippen LogP contribution in [0, 0.1) is 0 Å². The van der Waals surface area contributed by atoms with Crippen molar-refractivity contribution < 1.29 is 19.4 Å². The Morgan fingerprint density at radius 3 is 2.29 bits per heavy atom. The summed E-state index contributed by atoms with van der Waals surface area (Å²) in [5.41, 5.74) is 1.05. The molecule has 3 atom stereocenters. The van der Waals surface area contributed by atoms with Gasteiger partial charge in [0.2, 0.25) is 0 Å². The maximum atomic E-state index is 10.2. The quantitative estimate of drug-likeness (QED) is 0.863. The van der Waals surface area contributed by atoms with E-state index < -0.39 is 6.10 Å². The summed E-state index contributed by atoms with van der Waals surface area (Å²) in [6.45, 7) is 0. The topological polar surface area (TPSA) is 68.7 Å². The normalized spacial score (nSPS) is 32.2. The number of aromatic nitrogens is 1. The lowest BCUT2D eigenvalue weighted by atomic mass is 10.1. The maximum absolute atomic E-state index is 10.2. The van der Waals surface area contributed by atoms with Gasteiger partial charge in [-0.05, 0) is 63.5 Å². The summed E-state index contributed by atoms with van der Waals surface area (Å²) < 4.78 is 11.3. The van der Waals surface area contributed by atoms with Crippen LogP contribution in [-0.4, -0.2) is 39.8 Å². The van der Waals surface area contributed by atoms with Crippen LogP contribution in [-0.2, 0) is 14.3 Å². The highest BCUT2D eigenvalue weighted by molar-refractivity contribution is 5.56. The Balaban J connectivity index is 0.000000138. The molecule has 5 nitrogen and oxygen atoms in total. The highest BCUT2D eigenvalue weighted by atomic mass is 16.5. The third-order valence-electron chi connectivity index (χ3n) is 5.68. The summed E-state index contributed by atoms with van der Waals surface area (Å²) in [4.78, 5) is 14.4. The SMILES string of the molecule is O=C[C@H]1CCC2(CC2)O1.OC(c1ccccn1)[C@H]1CCC2(CC2)O1. The summed E-state index contributed by atoms with van der Waals surface area (Å²) in [5, 5.41) is 10.1. The number of nitrogens with zero attached hydrogens (tertiary/aromatic N) is 1. The van der Waals surface area contributed by atoms with E-state index in [1.54, 1.807) is 6.20 Å². The van der Waals surface area contributed by atoms with Gasteiger partial charge in [0.15, 0.2) is 0 Å². The standard InChI is InChI=1S/C12H15NO2.C7H10O2/c14-11(9-3-1-2-8-13-9)10-4-5-12(15-10)6-7-12;8-5-6-1-2-7(9-6)3-4-7/h1-3,8,10-11,14H,4-7H2;5-6H,1-4H2/t10-,11?;6-/m11/s1. The van der Waals surface area contributed by atoms with Gasteiger partial charge in [0.05, 0.1) is 23.0 Å². The van der Waals surface area contributed by atoms with Gasteiger partial charge in [-0.15, -0.1) is 0 Å². The van der Waals surface area contributed by atoms with Crippen LogP contribution in [0.3, 0.4) is 0 Å². The Labute approximate surface area is 142 Å². The van der Waals surface area contributed by atoms with Gasteiger partial charge in [-0.2, -0.15) is 0 Å². The van der Waals surface area contributed by atoms with Crippen LogP contribution in [0.15, 0.2) is 24.4 Å². The molecule has 0 bridgehead atoms. The van der Waals surface area contributed by atoms with Crippen LogP contribution < -0.4 is 0 Å². The van der Waals surface area contributed by atoms with E-state index in [-0.39, 0.29) is 23.4 Å². The van der Waals surface area contributed by atoms with Gasteiger partial charge in [-0.3, -0.25) is 4.98 Å². The molecule has 1 unspecified atom stereocenters. The van der Waals surface area contributed by atoms with Gasteiger partial charge in [0, 0.05) is 6.20 Å². The number of rotatable bonds is 3. The van der Waals surface area contributed by atoms with Crippen LogP contribution in [0.5, 0.6) is 0 Å². The molecule has 2 saturated heterocycles. The minimum absolute atomic E-state index is 0.0533. The summed E-state index contributed by atoms with van der Waals surface area (Å²) in [6, 6.07) is 5.60. The molecule has 5 rings (SSSR count). The molecular weight excluding hydrogens is 306 g/mol. The smallest absolute Gasteiger partial charge is 0.148 e. The van der Waals surface area contributed by atoms with Crippen molar-refractivity contribution in [3.63, 3.8) is 0 Å². The maximum Gasteiger partial charge on any atom is 0.148 e. The van der Waals surface area contributed by atoms with E-state index in [1.165, 1.54) is 25.7 Å². The number of aliphatic hydroxyl groups excluding tert-OH is 1. The van der Waals surface area contributed by atoms with E-state index in [4.69, 9.17) is 9.47 Å². The molecule has 130 valence electrons. The van der Waals surface area contributed by atoms with Gasteiger partial charge in [-0.1, -0.05) is 6.07 Å². The van der Waals surface area contributed by atoms with Gasteiger partial charge in [0.1, 0.15) is 18.5 Å². The third kappa shape index (κ3) is 3.39. The summed E-state index contributed by atoms with van der Waals surface area (Å²) in [5.74, 6) is 0. The van der Waals surface area contributed by atoms with E-state index in [2.05, 4.69) is 4.98 Å². The van der Waals surface area contributed by atoms with Crippen molar-refractivity contribution in [2.75, 3.05) is 0 Å². The lowest BCUT2D eigenvalue weighted by Gasteiger charge is -2.18. The fraction of sp³-hybridized carbons (Fsp3) is 0.684. The van der Waals surface area contributed by atoms with Crippen molar-refractivity contribution in [1.82, 2.24) is 4.98 Å². The molecule has 1 aromatic heterocycles. The highest BCUT2D eigenvalue weighted by Gasteiger charge is 2.51. The van der Waals surface area contributed by atoms with Crippen LogP contribution >= 0.6 is 0 Å². The van der Waals surface area contributed by atoms with Gasteiger partial charge < -0.3 is 19.4 Å². The zero-order valence-corrected chi connectivity index (χ0v) is 13.9. The van der Waals surface area contributed by atoms with Crippen LogP contribution in [0.2, 0.25) is 0 Å². The Hall–Kier alpha value is -1.30. The molecule has 1 aromatic rings. The van der Waals surface area contributed by atoms with Crippen molar-refractivity contribution in [3.05, 3.63) is 30.1 Å². The summed E-state index contributed by atoms with van der Waals surface area (Å²) in [6.07, 6.45) is 10.7. The average Bonchev–Trinajstić information content (AvgIpc) is 3.45. The first kappa shape index (κ1) is 16.2. The molecule has 2 spiro atoms. The molecule has 24 heavy (non-hydrogen) atoms. The second-order valence-corrected chi connectivity index (χ2v) is 7.59. The number of aldehydes is 1. The lowest BCUT2D eigenvalue weighted by molar-refractivity contribution is -0.118. The Kier molecular flexibility index (Phi) is 4.19. The van der Waals surface area contributed by atoms with Crippen LogP contribution in [0.25, 0.3) is 0 Å². The number of carbonyl (C=O) groups is 1. The molecule has 0 amide bonds. The van der Waals surface area contributed by atoms with Gasteiger partial charge in [0.25, 0.3) is 0 Å². The van der Waals surface area contributed by atoms with Crippen LogP contribution in [0.1, 0.15) is 63.2 Å². The van der Waals surface area contributed by atoms with Gasteiger partial charge in [-0.25, -0.2) is 0 Å². The second-order valence-electron chi connectivity index (χ2n) is 7.59. The molecule has 0 radical (unpaired) electrons. The van der Waals surface area contributed by atoms with Crippen molar-refractivity contribution in [2.45, 2.75) is 80.9 Å². The number of hydrogen-bond acceptors (Lipinski definition) is 5. The summed E-state index contributed by atoms with van der Waals surface area (Å²) in [7, 11) is 0. The monoisotopic (exact) mass is 331 g/mol. The van der Waals surface area contributed by atoms with E-state index in [1.807, 2.05) is 18.2 Å². The number of pyridine rings is 1. The van der Waals surface area contributed by atoms with E-state index in [0.717, 1.165) is 37.7 Å². The molecule has 5 heteroatoms. The second kappa shape index (κ2) is 6.21. The molecule has 2 saturated carbocycles. The largest absolute Gasteiger partial charge is 0.384 e. The fourth-order valence-electron chi connectivity index (χ4n) is 3.76. The molecular formula is C19H25NO4.